The van der Waals surface area contributed by atoms with E-state index in [-0.39, 0.29) is 18.4 Å². The van der Waals surface area contributed by atoms with Crippen molar-refractivity contribution in [3.63, 3.8) is 0 Å². The van der Waals surface area contributed by atoms with Gasteiger partial charge in [0.05, 0.1) is 26.5 Å². The summed E-state index contributed by atoms with van der Waals surface area (Å²) in [7, 11) is 3.09. The number of carbonyl (C=O) groups is 2. The van der Waals surface area contributed by atoms with Gasteiger partial charge in [-0.15, -0.1) is 0 Å². The van der Waals surface area contributed by atoms with Crippen LogP contribution in [-0.2, 0) is 16.1 Å². The van der Waals surface area contributed by atoms with E-state index in [4.69, 9.17) is 14.2 Å². The zero-order valence-electron chi connectivity index (χ0n) is 19.6. The third kappa shape index (κ3) is 5.27. The molecule has 1 N–H and O–H groups in total. The number of halogens is 1. The van der Waals surface area contributed by atoms with Gasteiger partial charge >= 0.3 is 0 Å². The maximum atomic E-state index is 14.3. The molecule has 0 aliphatic carbocycles. The number of amides is 2. The van der Waals surface area contributed by atoms with Gasteiger partial charge in [0.15, 0.2) is 17.6 Å². The second-order valence-corrected chi connectivity index (χ2v) is 7.90. The number of fused-ring (bicyclic) bond motifs is 1. The Morgan fingerprint density at radius 1 is 1.09 bits per heavy atom. The minimum atomic E-state index is -0.709. The standard InChI is InChI=1S/C27H25FN2O5/c1-17-27(32)30(16-19-6-4-5-7-21(19)28)22-15-20(10-12-23(22)35-17)29-26(31)13-9-18-8-11-24(33-2)25(14-18)34-3/h4-15,17H,16H2,1-3H3,(H,29,31)/b13-9+. The minimum absolute atomic E-state index is 0.0445. The fourth-order valence-corrected chi connectivity index (χ4v) is 3.76. The zero-order valence-corrected chi connectivity index (χ0v) is 19.6. The second kappa shape index (κ2) is 10.3. The van der Waals surface area contributed by atoms with E-state index >= 15 is 0 Å². The van der Waals surface area contributed by atoms with Gasteiger partial charge in [0, 0.05) is 17.3 Å². The Balaban J connectivity index is 1.54. The molecule has 2 amide bonds. The van der Waals surface area contributed by atoms with E-state index in [1.165, 1.54) is 17.0 Å². The van der Waals surface area contributed by atoms with E-state index in [0.29, 0.717) is 34.2 Å². The number of benzene rings is 3. The van der Waals surface area contributed by atoms with Gasteiger partial charge < -0.3 is 24.4 Å². The molecule has 1 atom stereocenters. The van der Waals surface area contributed by atoms with E-state index in [9.17, 15) is 14.0 Å². The summed E-state index contributed by atoms with van der Waals surface area (Å²) < 4.78 is 30.5. The van der Waals surface area contributed by atoms with E-state index in [1.807, 2.05) is 0 Å². The van der Waals surface area contributed by atoms with Crippen LogP contribution in [0.5, 0.6) is 17.2 Å². The van der Waals surface area contributed by atoms with Crippen LogP contribution in [-0.4, -0.2) is 32.1 Å². The number of nitrogens with zero attached hydrogens (tertiary/aromatic N) is 1. The lowest BCUT2D eigenvalue weighted by molar-refractivity contribution is -0.125. The molecule has 8 heteroatoms. The van der Waals surface area contributed by atoms with Crippen molar-refractivity contribution in [2.24, 2.45) is 0 Å². The van der Waals surface area contributed by atoms with Crippen LogP contribution >= 0.6 is 0 Å². The topological polar surface area (TPSA) is 77.1 Å². The van der Waals surface area contributed by atoms with Crippen molar-refractivity contribution < 1.29 is 28.2 Å². The number of rotatable bonds is 7. The molecular weight excluding hydrogens is 451 g/mol. The average Bonchev–Trinajstić information content (AvgIpc) is 2.86. The fourth-order valence-electron chi connectivity index (χ4n) is 3.76. The van der Waals surface area contributed by atoms with Crippen molar-refractivity contribution >= 4 is 29.3 Å². The minimum Gasteiger partial charge on any atom is -0.493 e. The molecule has 1 aliphatic heterocycles. The summed E-state index contributed by atoms with van der Waals surface area (Å²) >= 11 is 0. The summed E-state index contributed by atoms with van der Waals surface area (Å²) in [6.45, 7) is 1.69. The SMILES string of the molecule is COc1ccc(/C=C/C(=O)Nc2ccc3c(c2)N(Cc2ccccc2F)C(=O)C(C)O3)cc1OC. The van der Waals surface area contributed by atoms with Gasteiger partial charge in [-0.2, -0.15) is 0 Å². The molecule has 0 radical (unpaired) electrons. The van der Waals surface area contributed by atoms with Gasteiger partial charge in [-0.05, 0) is 55.0 Å². The molecule has 0 aromatic heterocycles. The summed E-state index contributed by atoms with van der Waals surface area (Å²) in [6, 6.07) is 16.6. The van der Waals surface area contributed by atoms with Crippen molar-refractivity contribution in [3.05, 3.63) is 83.7 Å². The molecule has 1 heterocycles. The van der Waals surface area contributed by atoms with E-state index in [2.05, 4.69) is 5.32 Å². The molecule has 180 valence electrons. The van der Waals surface area contributed by atoms with Gasteiger partial charge in [0.2, 0.25) is 5.91 Å². The number of hydrogen-bond donors (Lipinski definition) is 1. The summed E-state index contributed by atoms with van der Waals surface area (Å²) in [4.78, 5) is 26.9. The summed E-state index contributed by atoms with van der Waals surface area (Å²) in [5, 5.41) is 2.79. The molecule has 3 aromatic rings. The van der Waals surface area contributed by atoms with E-state index < -0.39 is 11.9 Å². The molecule has 7 nitrogen and oxygen atoms in total. The van der Waals surface area contributed by atoms with Gasteiger partial charge in [0.1, 0.15) is 11.6 Å². The lowest BCUT2D eigenvalue weighted by Crippen LogP contribution is -2.44. The molecule has 35 heavy (non-hydrogen) atoms. The highest BCUT2D eigenvalue weighted by Crippen LogP contribution is 2.37. The summed E-state index contributed by atoms with van der Waals surface area (Å²) in [6.07, 6.45) is 2.33. The smallest absolute Gasteiger partial charge is 0.268 e. The zero-order chi connectivity index (χ0) is 24.9. The molecule has 1 aliphatic rings. The largest absolute Gasteiger partial charge is 0.493 e. The average molecular weight is 477 g/mol. The highest BCUT2D eigenvalue weighted by molar-refractivity contribution is 6.04. The molecule has 0 saturated heterocycles. The Morgan fingerprint density at radius 2 is 1.86 bits per heavy atom. The van der Waals surface area contributed by atoms with Crippen LogP contribution in [0.1, 0.15) is 18.1 Å². The predicted molar refractivity (Wildman–Crippen MR) is 131 cm³/mol. The molecular formula is C27H25FN2O5. The monoisotopic (exact) mass is 476 g/mol. The number of hydrogen-bond acceptors (Lipinski definition) is 5. The van der Waals surface area contributed by atoms with Crippen molar-refractivity contribution in [2.45, 2.75) is 19.6 Å². The molecule has 0 spiro atoms. The number of nitrogens with one attached hydrogen (secondary N) is 1. The van der Waals surface area contributed by atoms with Crippen molar-refractivity contribution in [1.82, 2.24) is 0 Å². The molecule has 4 rings (SSSR count). The van der Waals surface area contributed by atoms with Crippen LogP contribution in [0.4, 0.5) is 15.8 Å². The number of anilines is 2. The van der Waals surface area contributed by atoms with Gasteiger partial charge in [-0.1, -0.05) is 24.3 Å². The first-order valence-corrected chi connectivity index (χ1v) is 11.0. The number of carbonyl (C=O) groups excluding carboxylic acids is 2. The van der Waals surface area contributed by atoms with Crippen molar-refractivity contribution in [1.29, 1.82) is 0 Å². The summed E-state index contributed by atoms with van der Waals surface area (Å²) in [5.41, 5.74) is 2.06. The number of methoxy groups -OCH3 is 2. The van der Waals surface area contributed by atoms with Crippen LogP contribution in [0, 0.1) is 5.82 Å². The number of ether oxygens (including phenoxy) is 3. The summed E-state index contributed by atoms with van der Waals surface area (Å²) in [5.74, 6) is 0.570. The first-order chi connectivity index (χ1) is 16.9. The molecule has 3 aromatic carbocycles. The van der Waals surface area contributed by atoms with Crippen LogP contribution in [0.2, 0.25) is 0 Å². The third-order valence-electron chi connectivity index (χ3n) is 5.56. The first-order valence-electron chi connectivity index (χ1n) is 11.0. The highest BCUT2D eigenvalue weighted by Gasteiger charge is 2.32. The van der Waals surface area contributed by atoms with Gasteiger partial charge in [0.25, 0.3) is 5.91 Å². The Hall–Kier alpha value is -4.33. The first kappa shape index (κ1) is 23.8. The van der Waals surface area contributed by atoms with Gasteiger partial charge in [-0.3, -0.25) is 9.59 Å². The highest BCUT2D eigenvalue weighted by atomic mass is 19.1. The van der Waals surface area contributed by atoms with Crippen LogP contribution < -0.4 is 24.4 Å². The van der Waals surface area contributed by atoms with E-state index in [1.54, 1.807) is 81.8 Å². The van der Waals surface area contributed by atoms with Crippen LogP contribution in [0.15, 0.2) is 66.7 Å². The van der Waals surface area contributed by atoms with Crippen molar-refractivity contribution in [3.8, 4) is 17.2 Å². The Bertz CT molecular complexity index is 1290. The lowest BCUT2D eigenvalue weighted by Gasteiger charge is -2.33. The Labute approximate surface area is 202 Å². The van der Waals surface area contributed by atoms with Crippen molar-refractivity contribution in [2.75, 3.05) is 24.4 Å². The van der Waals surface area contributed by atoms with Crippen LogP contribution in [0.25, 0.3) is 6.08 Å². The maximum absolute atomic E-state index is 14.3. The van der Waals surface area contributed by atoms with Crippen LogP contribution in [0.3, 0.4) is 0 Å². The van der Waals surface area contributed by atoms with E-state index in [0.717, 1.165) is 5.56 Å². The predicted octanol–water partition coefficient (Wildman–Crippen LogP) is 4.81. The molecule has 0 fully saturated rings. The second-order valence-electron chi connectivity index (χ2n) is 7.90. The van der Waals surface area contributed by atoms with Gasteiger partial charge in [-0.25, -0.2) is 4.39 Å². The molecule has 0 bridgehead atoms. The lowest BCUT2D eigenvalue weighted by atomic mass is 10.1. The third-order valence-corrected chi connectivity index (χ3v) is 5.56. The molecule has 0 saturated carbocycles. The normalized spacial score (nSPS) is 14.9. The Kier molecular flexibility index (Phi) is 7.01. The maximum Gasteiger partial charge on any atom is 0.268 e. The Morgan fingerprint density at radius 3 is 2.60 bits per heavy atom. The molecule has 1 unspecified atom stereocenters. The quantitative estimate of drug-likeness (QED) is 0.496. The fraction of sp³-hybridized carbons (Fsp3) is 0.185.